The Morgan fingerprint density at radius 2 is 2.04 bits per heavy atom. The molecule has 0 saturated carbocycles. The van der Waals surface area contributed by atoms with Gasteiger partial charge in [-0.25, -0.2) is 4.98 Å². The fourth-order valence-corrected chi connectivity index (χ4v) is 3.88. The molecule has 1 atom stereocenters. The first kappa shape index (κ1) is 15.2. The summed E-state index contributed by atoms with van der Waals surface area (Å²) in [4.78, 5) is 6.69. The number of hydrogen-bond acceptors (Lipinski definition) is 5. The molecule has 0 bridgehead atoms. The van der Waals surface area contributed by atoms with E-state index in [1.165, 1.54) is 23.0 Å². The van der Waals surface area contributed by atoms with Crippen LogP contribution in [0.1, 0.15) is 22.6 Å². The van der Waals surface area contributed by atoms with E-state index in [1.54, 1.807) is 12.5 Å². The lowest BCUT2D eigenvalue weighted by Gasteiger charge is -2.33. The molecule has 26 heavy (non-hydrogen) atoms. The summed E-state index contributed by atoms with van der Waals surface area (Å²) < 4.78 is 5.49. The molecule has 0 fully saturated rings. The fourth-order valence-electron chi connectivity index (χ4n) is 3.88. The van der Waals surface area contributed by atoms with Gasteiger partial charge in [-0.05, 0) is 48.0 Å². The van der Waals surface area contributed by atoms with Crippen molar-refractivity contribution in [2.45, 2.75) is 12.5 Å². The Bertz CT molecular complexity index is 1070. The number of benzene rings is 2. The molecule has 1 aliphatic heterocycles. The maximum atomic E-state index is 5.49. The van der Waals surface area contributed by atoms with Gasteiger partial charge in [0.25, 0.3) is 0 Å². The second-order valence-electron chi connectivity index (χ2n) is 6.87. The largest absolute Gasteiger partial charge is 0.464 e. The Balaban J connectivity index is 1.59. The second-order valence-corrected chi connectivity index (χ2v) is 6.87. The number of aromatic nitrogens is 3. The Morgan fingerprint density at radius 1 is 1.08 bits per heavy atom. The second kappa shape index (κ2) is 6.04. The number of hydrogen-bond donors (Lipinski definition) is 0. The smallest absolute Gasteiger partial charge is 0.138 e. The maximum Gasteiger partial charge on any atom is 0.138 e. The molecule has 5 heteroatoms. The van der Waals surface area contributed by atoms with Gasteiger partial charge >= 0.3 is 0 Å². The Hall–Kier alpha value is -3.05. The van der Waals surface area contributed by atoms with Crippen LogP contribution in [0, 0.1) is 0 Å². The van der Waals surface area contributed by atoms with Crippen LogP contribution < -0.4 is 0 Å². The van der Waals surface area contributed by atoms with E-state index in [1.807, 2.05) is 6.07 Å². The van der Waals surface area contributed by atoms with Gasteiger partial charge in [0, 0.05) is 30.0 Å². The highest BCUT2D eigenvalue weighted by molar-refractivity contribution is 5.78. The van der Waals surface area contributed by atoms with Crippen LogP contribution in [0.25, 0.3) is 22.2 Å². The first-order valence-electron chi connectivity index (χ1n) is 8.69. The number of rotatable bonds is 2. The van der Waals surface area contributed by atoms with Crippen LogP contribution in [0.3, 0.4) is 0 Å². The number of fused-ring (bicyclic) bond motifs is 2. The molecule has 3 heterocycles. The molecular formula is C21H18N4O. The van der Waals surface area contributed by atoms with Gasteiger partial charge in [-0.1, -0.05) is 18.2 Å². The summed E-state index contributed by atoms with van der Waals surface area (Å²) in [7, 11) is 2.17. The van der Waals surface area contributed by atoms with E-state index in [0.29, 0.717) is 5.92 Å². The lowest BCUT2D eigenvalue weighted by molar-refractivity contribution is 0.295. The van der Waals surface area contributed by atoms with Gasteiger partial charge in [0.2, 0.25) is 0 Å². The molecule has 0 spiro atoms. The summed E-state index contributed by atoms with van der Waals surface area (Å²) in [5, 5.41) is 8.86. The summed E-state index contributed by atoms with van der Waals surface area (Å²) >= 11 is 0. The zero-order valence-electron chi connectivity index (χ0n) is 14.5. The van der Waals surface area contributed by atoms with E-state index in [-0.39, 0.29) is 0 Å². The van der Waals surface area contributed by atoms with Crippen molar-refractivity contribution >= 4 is 11.0 Å². The van der Waals surface area contributed by atoms with Crippen molar-refractivity contribution in [2.24, 2.45) is 0 Å². The molecule has 128 valence electrons. The van der Waals surface area contributed by atoms with Crippen LogP contribution in [-0.4, -0.2) is 33.7 Å². The predicted octanol–water partition coefficient (Wildman–Crippen LogP) is 3.86. The van der Waals surface area contributed by atoms with Gasteiger partial charge in [-0.15, -0.1) is 5.10 Å². The van der Waals surface area contributed by atoms with Gasteiger partial charge < -0.3 is 9.32 Å². The van der Waals surface area contributed by atoms with Crippen LogP contribution in [0.2, 0.25) is 0 Å². The molecule has 0 amide bonds. The van der Waals surface area contributed by atoms with E-state index in [0.717, 1.165) is 35.3 Å². The topological polar surface area (TPSA) is 55.1 Å². The lowest BCUT2D eigenvalue weighted by atomic mass is 9.83. The number of likely N-dealkylation sites (N-methyl/N-ethyl adjacent to an activating group) is 1. The maximum absolute atomic E-state index is 5.49. The SMILES string of the molecule is CN1Cc2cc(-c3cnncn3)ccc2C(c2ccc3occc3c2)C1. The summed E-state index contributed by atoms with van der Waals surface area (Å²) in [5.41, 5.74) is 6.92. The van der Waals surface area contributed by atoms with Crippen LogP contribution in [0.15, 0.2) is 65.7 Å². The summed E-state index contributed by atoms with van der Waals surface area (Å²) in [6, 6.07) is 15.1. The number of furan rings is 1. The first-order chi connectivity index (χ1) is 12.8. The Morgan fingerprint density at radius 3 is 2.92 bits per heavy atom. The van der Waals surface area contributed by atoms with Crippen molar-refractivity contribution in [1.82, 2.24) is 20.1 Å². The van der Waals surface area contributed by atoms with Gasteiger partial charge in [-0.3, -0.25) is 0 Å². The molecule has 0 N–H and O–H groups in total. The molecule has 2 aromatic heterocycles. The monoisotopic (exact) mass is 342 g/mol. The first-order valence-corrected chi connectivity index (χ1v) is 8.69. The zero-order valence-corrected chi connectivity index (χ0v) is 14.5. The van der Waals surface area contributed by atoms with Gasteiger partial charge in [0.15, 0.2) is 0 Å². The molecule has 2 aromatic carbocycles. The standard InChI is InChI=1S/C21H18N4O/c1-25-11-17-9-15(20-10-23-24-13-22-20)2-4-18(17)19(12-25)14-3-5-21-16(8-14)6-7-26-21/h2-10,13,19H,11-12H2,1H3. The van der Waals surface area contributed by atoms with E-state index >= 15 is 0 Å². The van der Waals surface area contributed by atoms with Crippen molar-refractivity contribution < 1.29 is 4.42 Å². The van der Waals surface area contributed by atoms with Crippen LogP contribution in [-0.2, 0) is 6.54 Å². The van der Waals surface area contributed by atoms with Crippen molar-refractivity contribution in [3.8, 4) is 11.3 Å². The molecule has 1 unspecified atom stereocenters. The third kappa shape index (κ3) is 2.57. The molecule has 5 nitrogen and oxygen atoms in total. The highest BCUT2D eigenvalue weighted by Gasteiger charge is 2.25. The summed E-state index contributed by atoms with van der Waals surface area (Å²) in [5.74, 6) is 0.348. The molecule has 4 aromatic rings. The number of nitrogens with zero attached hydrogens (tertiary/aromatic N) is 4. The van der Waals surface area contributed by atoms with Crippen molar-refractivity contribution in [3.05, 3.63) is 77.9 Å². The van der Waals surface area contributed by atoms with E-state index in [4.69, 9.17) is 4.42 Å². The van der Waals surface area contributed by atoms with E-state index in [2.05, 4.69) is 63.5 Å². The summed E-state index contributed by atoms with van der Waals surface area (Å²) in [6.07, 6.45) is 4.94. The van der Waals surface area contributed by atoms with Crippen molar-refractivity contribution in [2.75, 3.05) is 13.6 Å². The Labute approximate surface area is 151 Å². The Kier molecular flexibility index (Phi) is 3.53. The minimum atomic E-state index is 0.348. The fraction of sp³-hybridized carbons (Fsp3) is 0.190. The van der Waals surface area contributed by atoms with E-state index < -0.39 is 0 Å². The lowest BCUT2D eigenvalue weighted by Crippen LogP contribution is -2.31. The molecule has 5 rings (SSSR count). The quantitative estimate of drug-likeness (QED) is 0.554. The van der Waals surface area contributed by atoms with Gasteiger partial charge in [-0.2, -0.15) is 5.10 Å². The molecule has 0 aliphatic carbocycles. The molecule has 1 aliphatic rings. The highest BCUT2D eigenvalue weighted by atomic mass is 16.3. The van der Waals surface area contributed by atoms with E-state index in [9.17, 15) is 0 Å². The predicted molar refractivity (Wildman–Crippen MR) is 99.7 cm³/mol. The average Bonchev–Trinajstić information content (AvgIpc) is 3.15. The molecule has 0 saturated heterocycles. The van der Waals surface area contributed by atoms with Crippen molar-refractivity contribution in [3.63, 3.8) is 0 Å². The normalized spacial score (nSPS) is 17.3. The van der Waals surface area contributed by atoms with Gasteiger partial charge in [0.1, 0.15) is 11.9 Å². The summed E-state index contributed by atoms with van der Waals surface area (Å²) in [6.45, 7) is 1.94. The average molecular weight is 342 g/mol. The van der Waals surface area contributed by atoms with Crippen LogP contribution in [0.4, 0.5) is 0 Å². The molecule has 0 radical (unpaired) electrons. The van der Waals surface area contributed by atoms with Gasteiger partial charge in [0.05, 0.1) is 18.2 Å². The zero-order chi connectivity index (χ0) is 17.5. The third-order valence-electron chi connectivity index (χ3n) is 5.12. The minimum Gasteiger partial charge on any atom is -0.464 e. The van der Waals surface area contributed by atoms with Crippen LogP contribution in [0.5, 0.6) is 0 Å². The van der Waals surface area contributed by atoms with Crippen LogP contribution >= 0.6 is 0 Å². The highest BCUT2D eigenvalue weighted by Crippen LogP contribution is 2.36. The third-order valence-corrected chi connectivity index (χ3v) is 5.12. The minimum absolute atomic E-state index is 0.348. The van der Waals surface area contributed by atoms with Crippen molar-refractivity contribution in [1.29, 1.82) is 0 Å². The molecular weight excluding hydrogens is 324 g/mol.